The predicted octanol–water partition coefficient (Wildman–Crippen LogP) is 2.53. The van der Waals surface area contributed by atoms with Crippen LogP contribution >= 0.6 is 24.0 Å². The number of benzene rings is 1. The van der Waals surface area contributed by atoms with E-state index in [1.807, 2.05) is 13.8 Å². The number of nitrogens with zero attached hydrogens (tertiary/aromatic N) is 1. The van der Waals surface area contributed by atoms with Crippen LogP contribution in [0.1, 0.15) is 25.5 Å². The first-order chi connectivity index (χ1) is 11.6. The van der Waals surface area contributed by atoms with Crippen LogP contribution in [0.3, 0.4) is 0 Å². The number of nitrogens with one attached hydrogen (secondary N) is 2. The van der Waals surface area contributed by atoms with Gasteiger partial charge < -0.3 is 25.2 Å². The molecule has 6 nitrogen and oxygen atoms in total. The summed E-state index contributed by atoms with van der Waals surface area (Å²) in [6.07, 6.45) is -0.840. The minimum absolute atomic E-state index is 0. The zero-order valence-electron chi connectivity index (χ0n) is 14.4. The molecule has 144 valence electrons. The molecule has 0 aliphatic carbocycles. The van der Waals surface area contributed by atoms with E-state index in [0.29, 0.717) is 37.8 Å². The lowest BCUT2D eigenvalue weighted by Crippen LogP contribution is -2.39. The fraction of sp³-hybridized carbons (Fsp3) is 0.562. The van der Waals surface area contributed by atoms with Gasteiger partial charge in [-0.2, -0.15) is 8.78 Å². The Balaban J connectivity index is 0.00000576. The third-order valence-corrected chi connectivity index (χ3v) is 3.00. The van der Waals surface area contributed by atoms with Crippen molar-refractivity contribution in [3.05, 3.63) is 29.8 Å². The Morgan fingerprint density at radius 3 is 2.44 bits per heavy atom. The average Bonchev–Trinajstić information content (AvgIpc) is 2.56. The topological polar surface area (TPSA) is 75.1 Å². The van der Waals surface area contributed by atoms with Crippen LogP contribution in [-0.2, 0) is 4.74 Å². The lowest BCUT2D eigenvalue weighted by Gasteiger charge is -2.13. The molecule has 0 aliphatic heterocycles. The van der Waals surface area contributed by atoms with Crippen molar-refractivity contribution in [1.29, 1.82) is 0 Å². The van der Waals surface area contributed by atoms with Gasteiger partial charge in [0.1, 0.15) is 5.75 Å². The molecule has 0 aliphatic rings. The molecule has 0 fully saturated rings. The van der Waals surface area contributed by atoms with Gasteiger partial charge in [0.05, 0.1) is 19.3 Å². The molecule has 1 atom stereocenters. The van der Waals surface area contributed by atoms with E-state index in [2.05, 4.69) is 20.4 Å². The Morgan fingerprint density at radius 2 is 1.88 bits per heavy atom. The van der Waals surface area contributed by atoms with E-state index in [0.717, 1.165) is 0 Å². The third kappa shape index (κ3) is 10.4. The van der Waals surface area contributed by atoms with Gasteiger partial charge in [0.15, 0.2) is 5.96 Å². The summed E-state index contributed by atoms with van der Waals surface area (Å²) in [5, 5.41) is 16.3. The van der Waals surface area contributed by atoms with Crippen molar-refractivity contribution in [3.8, 4) is 5.75 Å². The molecule has 1 aromatic rings. The molecular formula is C16H26F2IN3O3. The van der Waals surface area contributed by atoms with E-state index >= 15 is 0 Å². The van der Waals surface area contributed by atoms with Gasteiger partial charge in [-0.1, -0.05) is 12.1 Å². The number of ether oxygens (including phenoxy) is 2. The van der Waals surface area contributed by atoms with Crippen LogP contribution in [0.5, 0.6) is 5.75 Å². The number of alkyl halides is 2. The third-order valence-electron chi connectivity index (χ3n) is 3.00. The van der Waals surface area contributed by atoms with Gasteiger partial charge in [-0.15, -0.1) is 24.0 Å². The summed E-state index contributed by atoms with van der Waals surface area (Å²) in [5.41, 5.74) is 0.575. The predicted molar refractivity (Wildman–Crippen MR) is 104 cm³/mol. The van der Waals surface area contributed by atoms with Gasteiger partial charge in [0, 0.05) is 19.7 Å². The maximum atomic E-state index is 12.1. The Morgan fingerprint density at radius 1 is 1.20 bits per heavy atom. The van der Waals surface area contributed by atoms with Crippen molar-refractivity contribution in [2.75, 3.05) is 32.8 Å². The van der Waals surface area contributed by atoms with E-state index in [1.54, 1.807) is 0 Å². The summed E-state index contributed by atoms with van der Waals surface area (Å²) in [7, 11) is 0. The van der Waals surface area contributed by atoms with E-state index in [9.17, 15) is 13.9 Å². The zero-order valence-corrected chi connectivity index (χ0v) is 16.7. The number of rotatable bonds is 10. The van der Waals surface area contributed by atoms with Gasteiger partial charge in [-0.05, 0) is 31.5 Å². The highest BCUT2D eigenvalue weighted by atomic mass is 127. The number of aliphatic hydroxyl groups is 1. The fourth-order valence-corrected chi connectivity index (χ4v) is 1.88. The summed E-state index contributed by atoms with van der Waals surface area (Å²) in [6, 6.07) is 5.85. The minimum atomic E-state index is -2.86. The van der Waals surface area contributed by atoms with E-state index in [-0.39, 0.29) is 36.3 Å². The summed E-state index contributed by atoms with van der Waals surface area (Å²) in [4.78, 5) is 4.30. The van der Waals surface area contributed by atoms with Gasteiger partial charge in [0.2, 0.25) is 0 Å². The average molecular weight is 473 g/mol. The molecule has 0 spiro atoms. The van der Waals surface area contributed by atoms with Gasteiger partial charge in [0.25, 0.3) is 0 Å². The van der Waals surface area contributed by atoms with Crippen LogP contribution < -0.4 is 15.4 Å². The highest BCUT2D eigenvalue weighted by Gasteiger charge is 2.09. The van der Waals surface area contributed by atoms with Crippen molar-refractivity contribution >= 4 is 29.9 Å². The number of aliphatic imine (C=N–C) groups is 1. The second-order valence-electron chi connectivity index (χ2n) is 4.81. The van der Waals surface area contributed by atoms with E-state index < -0.39 is 12.7 Å². The Hall–Kier alpha value is -1.20. The molecule has 1 rings (SSSR count). The van der Waals surface area contributed by atoms with Gasteiger partial charge >= 0.3 is 6.61 Å². The van der Waals surface area contributed by atoms with Crippen molar-refractivity contribution in [2.24, 2.45) is 4.99 Å². The maximum absolute atomic E-state index is 12.1. The number of hydrogen-bond donors (Lipinski definition) is 3. The van der Waals surface area contributed by atoms with Crippen molar-refractivity contribution in [2.45, 2.75) is 26.6 Å². The normalized spacial score (nSPS) is 12.5. The van der Waals surface area contributed by atoms with E-state index in [4.69, 9.17) is 4.74 Å². The van der Waals surface area contributed by atoms with Crippen molar-refractivity contribution < 1.29 is 23.4 Å². The van der Waals surface area contributed by atoms with Crippen LogP contribution in [-0.4, -0.2) is 50.5 Å². The standard InChI is InChI=1S/C16H25F2N3O3.HI/c1-3-19-16(20-9-10-23-4-2)21-11-14(22)12-5-7-13(8-6-12)24-15(17)18;/h5-8,14-15,22H,3-4,9-11H2,1-2H3,(H2,19,20,21);1H. The molecule has 0 aromatic heterocycles. The highest BCUT2D eigenvalue weighted by molar-refractivity contribution is 14.0. The Kier molecular flexibility index (Phi) is 13.3. The van der Waals surface area contributed by atoms with E-state index in [1.165, 1.54) is 24.3 Å². The molecule has 1 aromatic carbocycles. The Bertz CT molecular complexity index is 490. The van der Waals surface area contributed by atoms with Gasteiger partial charge in [-0.25, -0.2) is 0 Å². The second kappa shape index (κ2) is 14.0. The number of aliphatic hydroxyl groups excluding tert-OH is 1. The maximum Gasteiger partial charge on any atom is 0.387 e. The summed E-state index contributed by atoms with van der Waals surface area (Å²) >= 11 is 0. The molecule has 1 unspecified atom stereocenters. The molecule has 0 amide bonds. The largest absolute Gasteiger partial charge is 0.435 e. The molecule has 3 N–H and O–H groups in total. The summed E-state index contributed by atoms with van der Waals surface area (Å²) < 4.78 is 33.7. The minimum Gasteiger partial charge on any atom is -0.435 e. The Labute approximate surface area is 164 Å². The SMILES string of the molecule is CCNC(=NCC(O)c1ccc(OC(F)F)cc1)NCCOCC.I. The monoisotopic (exact) mass is 473 g/mol. The molecular weight excluding hydrogens is 447 g/mol. The first-order valence-electron chi connectivity index (χ1n) is 7.89. The molecule has 0 saturated heterocycles. The molecule has 9 heteroatoms. The molecule has 0 bridgehead atoms. The number of hydrogen-bond acceptors (Lipinski definition) is 4. The second-order valence-corrected chi connectivity index (χ2v) is 4.81. The molecule has 0 radical (unpaired) electrons. The number of guanidine groups is 1. The van der Waals surface area contributed by atoms with Crippen LogP contribution in [0.4, 0.5) is 8.78 Å². The van der Waals surface area contributed by atoms with Crippen LogP contribution in [0, 0.1) is 0 Å². The quantitative estimate of drug-likeness (QED) is 0.211. The van der Waals surface area contributed by atoms with Gasteiger partial charge in [-0.3, -0.25) is 4.99 Å². The first kappa shape index (κ1) is 23.8. The summed E-state index contributed by atoms with van der Waals surface area (Å²) in [6.45, 7) is 3.65. The lowest BCUT2D eigenvalue weighted by atomic mass is 10.1. The smallest absolute Gasteiger partial charge is 0.387 e. The zero-order chi connectivity index (χ0) is 17.8. The molecule has 0 saturated carbocycles. The van der Waals surface area contributed by atoms with Crippen LogP contribution in [0.15, 0.2) is 29.3 Å². The highest BCUT2D eigenvalue weighted by Crippen LogP contribution is 2.19. The van der Waals surface area contributed by atoms with Crippen LogP contribution in [0.2, 0.25) is 0 Å². The summed E-state index contributed by atoms with van der Waals surface area (Å²) in [5.74, 6) is 0.629. The first-order valence-corrected chi connectivity index (χ1v) is 7.89. The molecule has 0 heterocycles. The van der Waals surface area contributed by atoms with Crippen molar-refractivity contribution in [1.82, 2.24) is 10.6 Å². The molecule has 25 heavy (non-hydrogen) atoms. The fourth-order valence-electron chi connectivity index (χ4n) is 1.88. The number of halogens is 3. The van der Waals surface area contributed by atoms with Crippen LogP contribution in [0.25, 0.3) is 0 Å². The van der Waals surface area contributed by atoms with Crippen molar-refractivity contribution in [3.63, 3.8) is 0 Å². The lowest BCUT2D eigenvalue weighted by molar-refractivity contribution is -0.0498.